The maximum Gasteiger partial charge on any atom is 0.271 e. The van der Waals surface area contributed by atoms with Crippen molar-refractivity contribution in [1.29, 1.82) is 0 Å². The molecule has 110 valence electrons. The number of benzene rings is 1. The molecule has 0 radical (unpaired) electrons. The lowest BCUT2D eigenvalue weighted by atomic mass is 10.2. The minimum Gasteiger partial charge on any atom is -0.351 e. The second kappa shape index (κ2) is 7.04. The molecule has 0 aliphatic heterocycles. The average Bonchev–Trinajstić information content (AvgIpc) is 2.50. The normalized spacial score (nSPS) is 10.2. The minimum absolute atomic E-state index is 0.213. The summed E-state index contributed by atoms with van der Waals surface area (Å²) in [7, 11) is 0. The number of nitrogens with one attached hydrogen (secondary N) is 2. The van der Waals surface area contributed by atoms with Crippen LogP contribution in [0.5, 0.6) is 0 Å². The Labute approximate surface area is 128 Å². The zero-order valence-corrected chi connectivity index (χ0v) is 12.7. The number of nitrogens with zero attached hydrogens (tertiary/aromatic N) is 2. The quantitative estimate of drug-likeness (QED) is 0.889. The molecule has 1 aromatic heterocycles. The van der Waals surface area contributed by atoms with E-state index in [0.717, 1.165) is 17.7 Å². The molecule has 0 fully saturated rings. The van der Waals surface area contributed by atoms with Crippen LogP contribution >= 0.6 is 11.6 Å². The second-order valence-electron chi connectivity index (χ2n) is 4.60. The van der Waals surface area contributed by atoms with Crippen molar-refractivity contribution in [2.75, 3.05) is 11.9 Å². The van der Waals surface area contributed by atoms with Gasteiger partial charge in [0.2, 0.25) is 0 Å². The molecule has 21 heavy (non-hydrogen) atoms. The van der Waals surface area contributed by atoms with Gasteiger partial charge in [0.15, 0.2) is 11.5 Å². The van der Waals surface area contributed by atoms with Crippen LogP contribution in [-0.4, -0.2) is 22.6 Å². The predicted octanol–water partition coefficient (Wildman–Crippen LogP) is 3.32. The smallest absolute Gasteiger partial charge is 0.271 e. The number of hydrogen-bond acceptors (Lipinski definition) is 4. The number of aromatic nitrogens is 2. The van der Waals surface area contributed by atoms with Crippen molar-refractivity contribution in [3.63, 3.8) is 0 Å². The van der Waals surface area contributed by atoms with Gasteiger partial charge in [0, 0.05) is 17.3 Å². The van der Waals surface area contributed by atoms with Crippen molar-refractivity contribution in [2.45, 2.75) is 20.3 Å². The number of rotatable bonds is 5. The number of amides is 1. The van der Waals surface area contributed by atoms with E-state index in [-0.39, 0.29) is 5.91 Å². The maximum atomic E-state index is 11.7. The summed E-state index contributed by atoms with van der Waals surface area (Å²) in [6.07, 6.45) is 0.882. The molecule has 0 aliphatic rings. The highest BCUT2D eigenvalue weighted by molar-refractivity contribution is 6.31. The van der Waals surface area contributed by atoms with Crippen LogP contribution in [0.3, 0.4) is 0 Å². The minimum atomic E-state index is -0.213. The Morgan fingerprint density at radius 2 is 2.05 bits per heavy atom. The van der Waals surface area contributed by atoms with E-state index in [4.69, 9.17) is 11.6 Å². The van der Waals surface area contributed by atoms with Gasteiger partial charge in [-0.2, -0.15) is 0 Å². The van der Waals surface area contributed by atoms with E-state index in [1.807, 2.05) is 32.0 Å². The van der Waals surface area contributed by atoms with Gasteiger partial charge in [-0.1, -0.05) is 24.6 Å². The van der Waals surface area contributed by atoms with Crippen LogP contribution in [0, 0.1) is 6.92 Å². The molecule has 2 aromatic rings. The molecule has 1 aromatic carbocycles. The molecule has 0 bridgehead atoms. The van der Waals surface area contributed by atoms with Gasteiger partial charge in [-0.3, -0.25) is 4.79 Å². The first-order valence-electron chi connectivity index (χ1n) is 6.76. The number of carbonyl (C=O) groups is 1. The fraction of sp³-hybridized carbons (Fsp3) is 0.267. The van der Waals surface area contributed by atoms with Crippen molar-refractivity contribution < 1.29 is 4.79 Å². The van der Waals surface area contributed by atoms with Crippen LogP contribution in [-0.2, 0) is 0 Å². The summed E-state index contributed by atoms with van der Waals surface area (Å²) in [5.41, 5.74) is 2.10. The number of carbonyl (C=O) groups excluding carboxylic acids is 1. The van der Waals surface area contributed by atoms with E-state index in [0.29, 0.717) is 23.1 Å². The van der Waals surface area contributed by atoms with Gasteiger partial charge in [0.1, 0.15) is 0 Å². The Kier molecular flexibility index (Phi) is 5.11. The van der Waals surface area contributed by atoms with Crippen LogP contribution in [0.15, 0.2) is 30.3 Å². The van der Waals surface area contributed by atoms with Crippen molar-refractivity contribution in [1.82, 2.24) is 15.5 Å². The molecule has 0 saturated carbocycles. The third kappa shape index (κ3) is 3.92. The monoisotopic (exact) mass is 304 g/mol. The van der Waals surface area contributed by atoms with E-state index in [2.05, 4.69) is 20.8 Å². The van der Waals surface area contributed by atoms with Gasteiger partial charge in [-0.15, -0.1) is 10.2 Å². The third-order valence-corrected chi connectivity index (χ3v) is 3.37. The molecular weight excluding hydrogens is 288 g/mol. The first-order valence-corrected chi connectivity index (χ1v) is 7.13. The summed E-state index contributed by atoms with van der Waals surface area (Å²) >= 11 is 6.07. The molecule has 0 atom stereocenters. The first kappa shape index (κ1) is 15.3. The van der Waals surface area contributed by atoms with Gasteiger partial charge in [-0.25, -0.2) is 0 Å². The van der Waals surface area contributed by atoms with E-state index < -0.39 is 0 Å². The van der Waals surface area contributed by atoms with Gasteiger partial charge in [0.05, 0.1) is 0 Å². The topological polar surface area (TPSA) is 66.9 Å². The summed E-state index contributed by atoms with van der Waals surface area (Å²) in [6.45, 7) is 4.54. The third-order valence-electron chi connectivity index (χ3n) is 2.96. The lowest BCUT2D eigenvalue weighted by Crippen LogP contribution is -2.25. The van der Waals surface area contributed by atoms with Crippen LogP contribution in [0.4, 0.5) is 11.5 Å². The van der Waals surface area contributed by atoms with Crippen LogP contribution < -0.4 is 10.6 Å². The molecular formula is C15H17ClN4O. The molecule has 0 aliphatic carbocycles. The van der Waals surface area contributed by atoms with E-state index in [1.165, 1.54) is 0 Å². The fourth-order valence-corrected chi connectivity index (χ4v) is 1.90. The van der Waals surface area contributed by atoms with Crippen molar-refractivity contribution in [3.05, 3.63) is 46.6 Å². The molecule has 0 saturated heterocycles. The molecule has 6 heteroatoms. The van der Waals surface area contributed by atoms with Gasteiger partial charge < -0.3 is 10.6 Å². The van der Waals surface area contributed by atoms with Crippen molar-refractivity contribution >= 4 is 29.0 Å². The largest absolute Gasteiger partial charge is 0.351 e. The Bertz CT molecular complexity index is 628. The zero-order valence-electron chi connectivity index (χ0n) is 12.0. The standard InChI is InChI=1S/C15H17ClN4O/c1-3-9-17-15(21)13-7-8-14(20-19-13)18-12-6-4-5-11(16)10(12)2/h4-8H,3,9H2,1-2H3,(H,17,21)(H,18,20). The highest BCUT2D eigenvalue weighted by Crippen LogP contribution is 2.25. The van der Waals surface area contributed by atoms with E-state index >= 15 is 0 Å². The molecule has 0 spiro atoms. The zero-order chi connectivity index (χ0) is 15.2. The van der Waals surface area contributed by atoms with Gasteiger partial charge >= 0.3 is 0 Å². The molecule has 2 rings (SSSR count). The second-order valence-corrected chi connectivity index (χ2v) is 5.00. The predicted molar refractivity (Wildman–Crippen MR) is 84.1 cm³/mol. The molecule has 1 heterocycles. The molecule has 2 N–H and O–H groups in total. The number of anilines is 2. The highest BCUT2D eigenvalue weighted by atomic mass is 35.5. The Morgan fingerprint density at radius 1 is 1.24 bits per heavy atom. The summed E-state index contributed by atoms with van der Waals surface area (Å²) in [5, 5.41) is 14.5. The summed E-state index contributed by atoms with van der Waals surface area (Å²) in [5.74, 6) is 0.349. The van der Waals surface area contributed by atoms with Gasteiger partial charge in [-0.05, 0) is 43.2 Å². The number of halogens is 1. The Morgan fingerprint density at radius 3 is 2.71 bits per heavy atom. The summed E-state index contributed by atoms with van der Waals surface area (Å²) < 4.78 is 0. The molecule has 0 unspecified atom stereocenters. The molecule has 5 nitrogen and oxygen atoms in total. The average molecular weight is 305 g/mol. The Hall–Kier alpha value is -2.14. The van der Waals surface area contributed by atoms with E-state index in [9.17, 15) is 4.79 Å². The summed E-state index contributed by atoms with van der Waals surface area (Å²) in [4.78, 5) is 11.7. The lowest BCUT2D eigenvalue weighted by Gasteiger charge is -2.09. The highest BCUT2D eigenvalue weighted by Gasteiger charge is 2.08. The SMILES string of the molecule is CCCNC(=O)c1ccc(Nc2cccc(Cl)c2C)nn1. The van der Waals surface area contributed by atoms with E-state index in [1.54, 1.807) is 12.1 Å². The maximum absolute atomic E-state index is 11.7. The molecule has 1 amide bonds. The lowest BCUT2D eigenvalue weighted by molar-refractivity contribution is 0.0947. The number of hydrogen-bond donors (Lipinski definition) is 2. The van der Waals surface area contributed by atoms with Crippen molar-refractivity contribution in [3.8, 4) is 0 Å². The van der Waals surface area contributed by atoms with Crippen LogP contribution in [0.2, 0.25) is 5.02 Å². The van der Waals surface area contributed by atoms with Crippen molar-refractivity contribution in [2.24, 2.45) is 0 Å². The fourth-order valence-electron chi connectivity index (χ4n) is 1.73. The Balaban J connectivity index is 2.09. The first-order chi connectivity index (χ1) is 10.1. The van der Waals surface area contributed by atoms with Gasteiger partial charge in [0.25, 0.3) is 5.91 Å². The van der Waals surface area contributed by atoms with Crippen LogP contribution in [0.1, 0.15) is 29.4 Å². The summed E-state index contributed by atoms with van der Waals surface area (Å²) in [6, 6.07) is 8.95. The van der Waals surface area contributed by atoms with Crippen LogP contribution in [0.25, 0.3) is 0 Å².